The van der Waals surface area contributed by atoms with Gasteiger partial charge in [0.1, 0.15) is 0 Å². The Morgan fingerprint density at radius 2 is 1.79 bits per heavy atom. The second kappa shape index (κ2) is 7.20. The first-order valence-corrected chi connectivity index (χ1v) is 10.9. The molecule has 3 fully saturated rings. The molecular weight excluding hydrogens is 326 g/mol. The first-order valence-electron chi connectivity index (χ1n) is 9.42. The van der Waals surface area contributed by atoms with E-state index in [1.165, 1.54) is 12.8 Å². The summed E-state index contributed by atoms with van der Waals surface area (Å²) in [6.45, 7) is 6.57. The summed E-state index contributed by atoms with van der Waals surface area (Å²) >= 11 is 0. The quantitative estimate of drug-likeness (QED) is 0.840. The van der Waals surface area contributed by atoms with Gasteiger partial charge in [-0.15, -0.1) is 0 Å². The van der Waals surface area contributed by atoms with Gasteiger partial charge in [0.05, 0.1) is 5.25 Å². The van der Waals surface area contributed by atoms with E-state index in [9.17, 15) is 13.2 Å². The zero-order chi connectivity index (χ0) is 17.3. The predicted molar refractivity (Wildman–Crippen MR) is 94.2 cm³/mol. The molecule has 6 nitrogen and oxygen atoms in total. The number of nitrogens with zero attached hydrogens (tertiary/aromatic N) is 2. The highest BCUT2D eigenvalue weighted by Gasteiger charge is 2.47. The van der Waals surface area contributed by atoms with E-state index in [1.54, 1.807) is 4.31 Å². The summed E-state index contributed by atoms with van der Waals surface area (Å²) < 4.78 is 27.2. The number of rotatable bonds is 3. The van der Waals surface area contributed by atoms with Crippen molar-refractivity contribution in [3.05, 3.63) is 0 Å². The highest BCUT2D eigenvalue weighted by molar-refractivity contribution is 7.90. The van der Waals surface area contributed by atoms with Crippen LogP contribution in [-0.2, 0) is 10.0 Å². The maximum atomic E-state index is 12.8. The average Bonchev–Trinajstić information content (AvgIpc) is 3.00. The third-order valence-corrected chi connectivity index (χ3v) is 8.10. The van der Waals surface area contributed by atoms with Gasteiger partial charge in [-0.25, -0.2) is 17.5 Å². The van der Waals surface area contributed by atoms with Crippen molar-refractivity contribution in [3.8, 4) is 0 Å². The molecule has 3 rings (SSSR count). The molecular formula is C17H31N3O3S. The van der Waals surface area contributed by atoms with Gasteiger partial charge in [0.25, 0.3) is 0 Å². The Kier molecular flexibility index (Phi) is 5.39. The lowest BCUT2D eigenvalue weighted by atomic mass is 10.0. The molecule has 0 spiro atoms. The summed E-state index contributed by atoms with van der Waals surface area (Å²) in [7, 11) is -3.20. The van der Waals surface area contributed by atoms with Crippen LogP contribution in [0.3, 0.4) is 0 Å². The largest absolute Gasteiger partial charge is 0.335 e. The third kappa shape index (κ3) is 3.72. The molecule has 3 aliphatic rings. The van der Waals surface area contributed by atoms with Crippen molar-refractivity contribution < 1.29 is 13.2 Å². The summed E-state index contributed by atoms with van der Waals surface area (Å²) in [5.74, 6) is 0.508. The lowest BCUT2D eigenvalue weighted by Gasteiger charge is -2.24. The van der Waals surface area contributed by atoms with Crippen LogP contribution in [0.2, 0.25) is 0 Å². The van der Waals surface area contributed by atoms with Gasteiger partial charge in [-0.05, 0) is 37.5 Å². The molecule has 0 unspecified atom stereocenters. The molecule has 7 heteroatoms. The lowest BCUT2D eigenvalue weighted by molar-refractivity contribution is 0.194. The number of carbonyl (C=O) groups is 1. The number of hydrogen-bond donors (Lipinski definition) is 1. The van der Waals surface area contributed by atoms with Crippen molar-refractivity contribution in [2.45, 2.75) is 63.7 Å². The minimum Gasteiger partial charge on any atom is -0.335 e. The molecule has 0 bridgehead atoms. The van der Waals surface area contributed by atoms with E-state index in [2.05, 4.69) is 19.2 Å². The normalized spacial score (nSPS) is 31.2. The number of fused-ring (bicyclic) bond motifs is 1. The van der Waals surface area contributed by atoms with Crippen LogP contribution >= 0.6 is 0 Å². The summed E-state index contributed by atoms with van der Waals surface area (Å²) in [4.78, 5) is 14.3. The molecule has 2 saturated heterocycles. The standard InChI is InChI=1S/C17H31N3O3S/c1-13(2)11-20-12-14-7-9-19(10-8-16(14)24(20,22)23)17(21)18-15-5-3-4-6-15/h13-16H,3-12H2,1-2H3,(H,18,21)/t14-,16-/m0/s1. The Bertz CT molecular complexity index is 557. The Labute approximate surface area is 146 Å². The molecule has 2 heterocycles. The van der Waals surface area contributed by atoms with Gasteiger partial charge >= 0.3 is 6.03 Å². The van der Waals surface area contributed by atoms with Gasteiger partial charge in [-0.3, -0.25) is 0 Å². The summed E-state index contributed by atoms with van der Waals surface area (Å²) in [5, 5.41) is 2.82. The van der Waals surface area contributed by atoms with E-state index in [0.717, 1.165) is 19.3 Å². The molecule has 1 N–H and O–H groups in total. The summed E-state index contributed by atoms with van der Waals surface area (Å²) in [5.41, 5.74) is 0. The van der Waals surface area contributed by atoms with Gasteiger partial charge in [-0.2, -0.15) is 0 Å². The maximum Gasteiger partial charge on any atom is 0.317 e. The van der Waals surface area contributed by atoms with Crippen LogP contribution in [0, 0.1) is 11.8 Å². The van der Waals surface area contributed by atoms with Crippen LogP contribution < -0.4 is 5.32 Å². The first kappa shape index (κ1) is 18.0. The number of likely N-dealkylation sites (tertiary alicyclic amines) is 1. The molecule has 24 heavy (non-hydrogen) atoms. The highest BCUT2D eigenvalue weighted by Crippen LogP contribution is 2.34. The van der Waals surface area contributed by atoms with E-state index in [1.807, 2.05) is 4.90 Å². The number of amides is 2. The van der Waals surface area contributed by atoms with E-state index in [-0.39, 0.29) is 17.2 Å². The zero-order valence-corrected chi connectivity index (χ0v) is 15.7. The summed E-state index contributed by atoms with van der Waals surface area (Å²) in [6, 6.07) is 0.309. The van der Waals surface area contributed by atoms with E-state index in [0.29, 0.717) is 44.6 Å². The molecule has 1 saturated carbocycles. The van der Waals surface area contributed by atoms with Gasteiger partial charge in [-0.1, -0.05) is 26.7 Å². The third-order valence-electron chi connectivity index (χ3n) is 5.70. The smallest absolute Gasteiger partial charge is 0.317 e. The topological polar surface area (TPSA) is 69.7 Å². The van der Waals surface area contributed by atoms with Gasteiger partial charge in [0.15, 0.2) is 0 Å². The molecule has 0 aromatic rings. The van der Waals surface area contributed by atoms with Crippen LogP contribution in [0.5, 0.6) is 0 Å². The second-order valence-corrected chi connectivity index (χ2v) is 10.2. The van der Waals surface area contributed by atoms with Crippen LogP contribution in [0.4, 0.5) is 4.79 Å². The van der Waals surface area contributed by atoms with Crippen LogP contribution in [-0.4, -0.2) is 61.1 Å². The molecule has 2 atom stereocenters. The Hall–Kier alpha value is -0.820. The molecule has 1 aliphatic carbocycles. The highest BCUT2D eigenvalue weighted by atomic mass is 32.2. The van der Waals surface area contributed by atoms with E-state index >= 15 is 0 Å². The molecule has 0 aromatic carbocycles. The average molecular weight is 358 g/mol. The minimum atomic E-state index is -3.20. The van der Waals surface area contributed by atoms with Gasteiger partial charge < -0.3 is 10.2 Å². The van der Waals surface area contributed by atoms with Crippen LogP contribution in [0.25, 0.3) is 0 Å². The molecule has 138 valence electrons. The van der Waals surface area contributed by atoms with Crippen molar-refractivity contribution in [2.75, 3.05) is 26.2 Å². The van der Waals surface area contributed by atoms with E-state index < -0.39 is 10.0 Å². The minimum absolute atomic E-state index is 0.00157. The first-order chi connectivity index (χ1) is 11.4. The fourth-order valence-electron chi connectivity index (χ4n) is 4.42. The van der Waals surface area contributed by atoms with Crippen molar-refractivity contribution in [1.29, 1.82) is 0 Å². The van der Waals surface area contributed by atoms with Gasteiger partial charge in [0.2, 0.25) is 10.0 Å². The Balaban J connectivity index is 1.60. The van der Waals surface area contributed by atoms with Crippen LogP contribution in [0.1, 0.15) is 52.4 Å². The fraction of sp³-hybridized carbons (Fsp3) is 0.941. The molecule has 0 aromatic heterocycles. The second-order valence-electron chi connectivity index (χ2n) is 8.05. The van der Waals surface area contributed by atoms with Crippen molar-refractivity contribution in [1.82, 2.24) is 14.5 Å². The number of urea groups is 1. The Morgan fingerprint density at radius 1 is 1.12 bits per heavy atom. The van der Waals surface area contributed by atoms with Crippen molar-refractivity contribution in [2.24, 2.45) is 11.8 Å². The number of hydrogen-bond acceptors (Lipinski definition) is 3. The zero-order valence-electron chi connectivity index (χ0n) is 14.9. The number of sulfonamides is 1. The maximum absolute atomic E-state index is 12.8. The molecule has 2 amide bonds. The van der Waals surface area contributed by atoms with E-state index in [4.69, 9.17) is 0 Å². The van der Waals surface area contributed by atoms with Crippen LogP contribution in [0.15, 0.2) is 0 Å². The number of carbonyl (C=O) groups excluding carboxylic acids is 1. The summed E-state index contributed by atoms with van der Waals surface area (Å²) in [6.07, 6.45) is 5.89. The monoisotopic (exact) mass is 357 g/mol. The number of nitrogens with one attached hydrogen (secondary N) is 1. The fourth-order valence-corrected chi connectivity index (χ4v) is 6.82. The molecule has 2 aliphatic heterocycles. The van der Waals surface area contributed by atoms with Crippen molar-refractivity contribution >= 4 is 16.1 Å². The SMILES string of the molecule is CC(C)CN1C[C@@H]2CCN(C(=O)NC3CCCC3)CC[C@@H]2S1(=O)=O. The molecule has 0 radical (unpaired) electrons. The predicted octanol–water partition coefficient (Wildman–Crippen LogP) is 2.02. The Morgan fingerprint density at radius 3 is 2.46 bits per heavy atom. The lowest BCUT2D eigenvalue weighted by Crippen LogP contribution is -2.45. The van der Waals surface area contributed by atoms with Gasteiger partial charge in [0, 0.05) is 32.2 Å². The van der Waals surface area contributed by atoms with Crippen molar-refractivity contribution in [3.63, 3.8) is 0 Å².